The van der Waals surface area contributed by atoms with Gasteiger partial charge in [-0.15, -0.1) is 11.3 Å². The van der Waals surface area contributed by atoms with Gasteiger partial charge in [-0.2, -0.15) is 5.26 Å². The molecule has 15 heteroatoms. The number of imidazole rings is 1. The highest BCUT2D eigenvalue weighted by molar-refractivity contribution is 7.16. The highest BCUT2D eigenvalue weighted by Gasteiger charge is 2.29. The quantitative estimate of drug-likeness (QED) is 0.207. The first-order valence-electron chi connectivity index (χ1n) is 13.1. The molecule has 0 spiro atoms. The first-order chi connectivity index (χ1) is 20.5. The Kier molecular flexibility index (Phi) is 11.8. The zero-order chi connectivity index (χ0) is 31.5. The SMILES string of the molecule is COc1cccc(CCC(=O)Nc2sc3c(c2C#N)CCN(C(=O)CCn2ccnc2)C3)c1.O=C(O)C(O)C(O)C(=O)O. The number of amides is 2. The number of carbonyl (C=O) groups is 4. The molecule has 2 unspecified atom stereocenters. The van der Waals surface area contributed by atoms with Crippen LogP contribution in [0.4, 0.5) is 5.00 Å². The van der Waals surface area contributed by atoms with Crippen molar-refractivity contribution in [2.75, 3.05) is 19.0 Å². The summed E-state index contributed by atoms with van der Waals surface area (Å²) < 4.78 is 7.11. The van der Waals surface area contributed by atoms with Crippen LogP contribution in [0.5, 0.6) is 5.75 Å². The number of aliphatic hydroxyl groups is 2. The number of nitrogens with one attached hydrogen (secondary N) is 1. The molecule has 0 radical (unpaired) electrons. The lowest BCUT2D eigenvalue weighted by Crippen LogP contribution is -2.39. The topological polar surface area (TPSA) is 215 Å². The molecule has 0 bridgehead atoms. The number of aromatic nitrogens is 2. The van der Waals surface area contributed by atoms with Gasteiger partial charge in [0.25, 0.3) is 0 Å². The van der Waals surface area contributed by atoms with Crippen LogP contribution in [0.25, 0.3) is 0 Å². The third-order valence-corrected chi connectivity index (χ3v) is 7.63. The predicted octanol–water partition coefficient (Wildman–Crippen LogP) is 1.25. The van der Waals surface area contributed by atoms with E-state index in [0.29, 0.717) is 55.9 Å². The molecule has 14 nitrogen and oxygen atoms in total. The van der Waals surface area contributed by atoms with E-state index < -0.39 is 24.1 Å². The molecule has 3 aromatic rings. The Morgan fingerprint density at radius 1 is 1.16 bits per heavy atom. The smallest absolute Gasteiger partial charge is 0.335 e. The Balaban J connectivity index is 0.000000436. The van der Waals surface area contributed by atoms with Gasteiger partial charge < -0.3 is 39.9 Å². The van der Waals surface area contributed by atoms with E-state index >= 15 is 0 Å². The van der Waals surface area contributed by atoms with Gasteiger partial charge in [-0.1, -0.05) is 12.1 Å². The van der Waals surface area contributed by atoms with Gasteiger partial charge >= 0.3 is 11.9 Å². The molecule has 2 atom stereocenters. The molecule has 0 fully saturated rings. The molecule has 43 heavy (non-hydrogen) atoms. The van der Waals surface area contributed by atoms with Gasteiger partial charge in [-0.05, 0) is 36.1 Å². The molecule has 2 aromatic heterocycles. The Bertz CT molecular complexity index is 1460. The summed E-state index contributed by atoms with van der Waals surface area (Å²) >= 11 is 1.40. The number of hydrogen-bond donors (Lipinski definition) is 5. The van der Waals surface area contributed by atoms with Crippen molar-refractivity contribution in [3.8, 4) is 11.8 Å². The summed E-state index contributed by atoms with van der Waals surface area (Å²) in [5.74, 6) is -2.84. The molecule has 0 aliphatic carbocycles. The maximum Gasteiger partial charge on any atom is 0.335 e. The normalized spacial score (nSPS) is 13.4. The number of ether oxygens (including phenoxy) is 1. The van der Waals surface area contributed by atoms with Crippen LogP contribution in [0.15, 0.2) is 43.0 Å². The number of carboxylic acids is 2. The van der Waals surface area contributed by atoms with E-state index in [4.69, 9.17) is 25.2 Å². The Morgan fingerprint density at radius 3 is 2.49 bits per heavy atom. The zero-order valence-electron chi connectivity index (χ0n) is 23.2. The molecule has 228 valence electrons. The van der Waals surface area contributed by atoms with Crippen LogP contribution in [-0.4, -0.2) is 84.5 Å². The number of rotatable bonds is 11. The Hall–Kier alpha value is -4.78. The highest BCUT2D eigenvalue weighted by Crippen LogP contribution is 2.37. The second-order valence-electron chi connectivity index (χ2n) is 9.40. The molecule has 2 amide bonds. The van der Waals surface area contributed by atoms with E-state index in [1.54, 1.807) is 19.6 Å². The van der Waals surface area contributed by atoms with Crippen molar-refractivity contribution in [2.45, 2.75) is 51.0 Å². The molecule has 4 rings (SSSR count). The second kappa shape index (κ2) is 15.4. The minimum atomic E-state index is -2.27. The van der Waals surface area contributed by atoms with Crippen LogP contribution in [0.3, 0.4) is 0 Å². The van der Waals surface area contributed by atoms with Crippen molar-refractivity contribution in [3.63, 3.8) is 0 Å². The van der Waals surface area contributed by atoms with E-state index in [-0.39, 0.29) is 11.8 Å². The number of anilines is 1. The van der Waals surface area contributed by atoms with Crippen LogP contribution in [0, 0.1) is 11.3 Å². The van der Waals surface area contributed by atoms with Crippen LogP contribution < -0.4 is 10.1 Å². The van der Waals surface area contributed by atoms with Gasteiger partial charge in [-0.3, -0.25) is 9.59 Å². The van der Waals surface area contributed by atoms with Gasteiger partial charge in [0.1, 0.15) is 16.8 Å². The monoisotopic (exact) mass is 613 g/mol. The molecule has 0 saturated carbocycles. The third-order valence-electron chi connectivity index (χ3n) is 6.50. The standard InChI is InChI=1S/C24H25N5O3S.C4H6O6/c1-32-18-4-2-3-17(13-18)5-6-22(30)27-24-20(14-25)19-7-11-29(15-21(19)33-24)23(31)8-10-28-12-9-26-16-28;5-1(3(7)8)2(6)4(9)10/h2-4,9,12-13,16H,5-8,10-11,15H2,1H3,(H,27,30);1-2,5-6H,(H,7,8)(H,9,10). The van der Waals surface area contributed by atoms with Gasteiger partial charge in [0.15, 0.2) is 12.2 Å². The molecular formula is C28H31N5O9S. The number of methoxy groups -OCH3 is 1. The number of thiophene rings is 1. The van der Waals surface area contributed by atoms with Crippen molar-refractivity contribution >= 4 is 40.1 Å². The molecule has 5 N–H and O–H groups in total. The van der Waals surface area contributed by atoms with E-state index in [0.717, 1.165) is 21.8 Å². The number of nitriles is 1. The maximum absolute atomic E-state index is 12.7. The summed E-state index contributed by atoms with van der Waals surface area (Å²) in [6, 6.07) is 9.89. The number of hydrogen-bond acceptors (Lipinski definition) is 10. The highest BCUT2D eigenvalue weighted by atomic mass is 32.1. The lowest BCUT2D eigenvalue weighted by Gasteiger charge is -2.27. The van der Waals surface area contributed by atoms with Crippen molar-refractivity contribution in [1.82, 2.24) is 14.5 Å². The van der Waals surface area contributed by atoms with Gasteiger partial charge in [-0.25, -0.2) is 14.6 Å². The number of carboxylic acid groups (broad SMARTS) is 2. The third kappa shape index (κ3) is 9.10. The molecule has 3 heterocycles. The summed E-state index contributed by atoms with van der Waals surface area (Å²) in [6.07, 6.45) is 2.59. The van der Waals surface area contributed by atoms with Gasteiger partial charge in [0.2, 0.25) is 11.8 Å². The minimum Gasteiger partial charge on any atom is -0.497 e. The summed E-state index contributed by atoms with van der Waals surface area (Å²) in [6.45, 7) is 1.63. The van der Waals surface area contributed by atoms with E-state index in [1.807, 2.05) is 39.9 Å². The van der Waals surface area contributed by atoms with Gasteiger partial charge in [0, 0.05) is 43.2 Å². The number of nitrogens with zero attached hydrogens (tertiary/aromatic N) is 4. The minimum absolute atomic E-state index is 0.0742. The first-order valence-corrected chi connectivity index (χ1v) is 13.9. The number of aryl methyl sites for hydroxylation is 2. The van der Waals surface area contributed by atoms with Crippen molar-refractivity contribution in [3.05, 3.63) is 64.6 Å². The fourth-order valence-corrected chi connectivity index (χ4v) is 5.40. The number of fused-ring (bicyclic) bond motifs is 1. The predicted molar refractivity (Wildman–Crippen MR) is 152 cm³/mol. The van der Waals surface area contributed by atoms with Crippen molar-refractivity contribution in [2.24, 2.45) is 0 Å². The number of aliphatic carboxylic acids is 2. The fourth-order valence-electron chi connectivity index (χ4n) is 4.17. The van der Waals surface area contributed by atoms with E-state index in [1.165, 1.54) is 11.3 Å². The molecule has 1 aliphatic rings. The lowest BCUT2D eigenvalue weighted by molar-refractivity contribution is -0.165. The number of carbonyl (C=O) groups excluding carboxylic acids is 2. The average Bonchev–Trinajstić information content (AvgIpc) is 3.65. The molecule has 0 saturated heterocycles. The van der Waals surface area contributed by atoms with Gasteiger partial charge in [0.05, 0.1) is 25.5 Å². The zero-order valence-corrected chi connectivity index (χ0v) is 24.0. The fraction of sp³-hybridized carbons (Fsp3) is 0.357. The van der Waals surface area contributed by atoms with E-state index in [2.05, 4.69) is 16.4 Å². The largest absolute Gasteiger partial charge is 0.497 e. The van der Waals surface area contributed by atoms with Crippen LogP contribution >= 0.6 is 11.3 Å². The Labute approximate surface area is 250 Å². The van der Waals surface area contributed by atoms with Crippen LogP contribution in [0.1, 0.15) is 34.4 Å². The summed E-state index contributed by atoms with van der Waals surface area (Å²) in [7, 11) is 1.61. The second-order valence-corrected chi connectivity index (χ2v) is 10.5. The van der Waals surface area contributed by atoms with Crippen LogP contribution in [-0.2, 0) is 45.1 Å². The summed E-state index contributed by atoms with van der Waals surface area (Å²) in [4.78, 5) is 51.6. The first kappa shape index (κ1) is 32.7. The maximum atomic E-state index is 12.7. The summed E-state index contributed by atoms with van der Waals surface area (Å²) in [5, 5.41) is 45.7. The molecule has 1 aromatic carbocycles. The lowest BCUT2D eigenvalue weighted by atomic mass is 10.0. The molecular weight excluding hydrogens is 582 g/mol. The van der Waals surface area contributed by atoms with Crippen molar-refractivity contribution < 1.29 is 44.3 Å². The van der Waals surface area contributed by atoms with Crippen molar-refractivity contribution in [1.29, 1.82) is 5.26 Å². The van der Waals surface area contributed by atoms with E-state index in [9.17, 15) is 24.4 Å². The van der Waals surface area contributed by atoms with Crippen LogP contribution in [0.2, 0.25) is 0 Å². The molecule has 1 aliphatic heterocycles. The average molecular weight is 614 g/mol. The Morgan fingerprint density at radius 2 is 1.88 bits per heavy atom. The summed E-state index contributed by atoms with van der Waals surface area (Å²) in [5.41, 5.74) is 2.49. The number of benzene rings is 1. The number of aliphatic hydroxyl groups excluding tert-OH is 2.